The molecule has 1 aliphatic heterocycles. The van der Waals surface area contributed by atoms with E-state index in [0.717, 1.165) is 76.1 Å². The first-order chi connectivity index (χ1) is 23.8. The van der Waals surface area contributed by atoms with E-state index in [1.165, 1.54) is 11.6 Å². The van der Waals surface area contributed by atoms with Gasteiger partial charge >= 0.3 is 6.18 Å². The molecule has 3 aromatic carbocycles. The first-order valence-electron chi connectivity index (χ1n) is 18.4. The number of nitrogens with zero attached hydrogens (tertiary/aromatic N) is 1. The van der Waals surface area contributed by atoms with Gasteiger partial charge in [-0.05, 0) is 75.9 Å². The molecule has 0 atom stereocenters. The first kappa shape index (κ1) is 43.3. The number of hydrogen-bond acceptors (Lipinski definition) is 3. The topological polar surface area (TPSA) is 50.2 Å². The second-order valence-corrected chi connectivity index (χ2v) is 20.2. The SMILES string of the molecule is CCC(CC)C(=O)/C=C(\O)C(CC)CC.Cc1[c-]c(-c2ncc(C(F)(F)F)c3c2[Si](C)(C)c2c-3ccc3cc(CC(C)(C)C)ccc23)cc(C)c1.[Ir]. The number of halogens is 3. The molecule has 1 N–H and O–H groups in total. The average molecular weight is 907 g/mol. The number of fused-ring (bicyclic) bond motifs is 5. The number of carbonyl (C=O) groups excluding carboxylic acids is 1. The van der Waals surface area contributed by atoms with Crippen LogP contribution in [-0.4, -0.2) is 23.9 Å². The Labute approximate surface area is 323 Å². The van der Waals surface area contributed by atoms with Gasteiger partial charge in [0.05, 0.1) is 11.3 Å². The zero-order valence-corrected chi connectivity index (χ0v) is 36.1. The van der Waals surface area contributed by atoms with Crippen molar-refractivity contribution in [3.63, 3.8) is 0 Å². The molecule has 0 spiro atoms. The molecule has 0 fully saturated rings. The monoisotopic (exact) mass is 907 g/mol. The summed E-state index contributed by atoms with van der Waals surface area (Å²) in [6.07, 6.45) is 2.38. The molecule has 5 rings (SSSR count). The minimum atomic E-state index is -4.49. The summed E-state index contributed by atoms with van der Waals surface area (Å²) >= 11 is 0. The normalized spacial score (nSPS) is 13.8. The average Bonchev–Trinajstić information content (AvgIpc) is 3.27. The van der Waals surface area contributed by atoms with E-state index in [2.05, 4.69) is 63.1 Å². The van der Waals surface area contributed by atoms with Crippen LogP contribution in [0.2, 0.25) is 13.1 Å². The van der Waals surface area contributed by atoms with Crippen LogP contribution in [0, 0.1) is 37.2 Å². The number of rotatable bonds is 9. The van der Waals surface area contributed by atoms with Gasteiger partial charge in [-0.15, -0.1) is 34.9 Å². The van der Waals surface area contributed by atoms with E-state index in [4.69, 9.17) is 0 Å². The maximum Gasteiger partial charge on any atom is 0.418 e. The van der Waals surface area contributed by atoms with Crippen molar-refractivity contribution in [3.05, 3.63) is 88.8 Å². The van der Waals surface area contributed by atoms with Crippen LogP contribution >= 0.6 is 0 Å². The summed E-state index contributed by atoms with van der Waals surface area (Å²) in [4.78, 5) is 16.2. The van der Waals surface area contributed by atoms with Gasteiger partial charge in [-0.3, -0.25) is 4.79 Å². The number of carbonyl (C=O) groups is 1. The van der Waals surface area contributed by atoms with Crippen LogP contribution in [0.25, 0.3) is 33.2 Å². The van der Waals surface area contributed by atoms with Gasteiger partial charge in [-0.1, -0.05) is 111 Å². The molecule has 0 saturated carbocycles. The number of aliphatic hydroxyl groups excluding tert-OH is 1. The number of aryl methyl sites for hydroxylation is 2. The Morgan fingerprint density at radius 1 is 0.904 bits per heavy atom. The van der Waals surface area contributed by atoms with E-state index in [1.807, 2.05) is 65.8 Å². The van der Waals surface area contributed by atoms with Gasteiger partial charge in [-0.25, -0.2) is 0 Å². The summed E-state index contributed by atoms with van der Waals surface area (Å²) in [5.41, 5.74) is 5.17. The molecule has 0 bridgehead atoms. The summed E-state index contributed by atoms with van der Waals surface area (Å²) in [7, 11) is -2.56. The quantitative estimate of drug-likeness (QED) is 0.0788. The van der Waals surface area contributed by atoms with Gasteiger partial charge in [-0.2, -0.15) is 13.2 Å². The molecule has 0 saturated heterocycles. The molecule has 0 amide bonds. The minimum absolute atomic E-state index is 0. The molecule has 3 nitrogen and oxygen atoms in total. The molecule has 2 heterocycles. The van der Waals surface area contributed by atoms with Crippen LogP contribution in [-0.2, 0) is 37.5 Å². The molecule has 4 aromatic rings. The van der Waals surface area contributed by atoms with Crippen molar-refractivity contribution in [2.45, 2.75) is 114 Å². The molecule has 1 aromatic heterocycles. The molecule has 0 unspecified atom stereocenters. The largest absolute Gasteiger partial charge is 0.512 e. The van der Waals surface area contributed by atoms with Gasteiger partial charge in [0.2, 0.25) is 0 Å². The van der Waals surface area contributed by atoms with Crippen LogP contribution < -0.4 is 10.4 Å². The number of aliphatic hydroxyl groups is 1. The zero-order valence-electron chi connectivity index (χ0n) is 32.7. The Hall–Kier alpha value is -3.06. The maximum absolute atomic E-state index is 14.3. The van der Waals surface area contributed by atoms with E-state index in [0.29, 0.717) is 16.8 Å². The van der Waals surface area contributed by atoms with E-state index < -0.39 is 19.8 Å². The van der Waals surface area contributed by atoms with Crippen molar-refractivity contribution in [2.75, 3.05) is 0 Å². The summed E-state index contributed by atoms with van der Waals surface area (Å²) in [5.74, 6) is 0.547. The number of hydrogen-bond donors (Lipinski definition) is 1. The summed E-state index contributed by atoms with van der Waals surface area (Å²) in [6, 6.07) is 17.7. The second-order valence-electron chi connectivity index (χ2n) is 15.9. The van der Waals surface area contributed by atoms with Gasteiger partial charge < -0.3 is 10.1 Å². The second kappa shape index (κ2) is 16.9. The van der Waals surface area contributed by atoms with Crippen LogP contribution in [0.3, 0.4) is 0 Å². The Bertz CT molecular complexity index is 1910. The number of benzene rings is 3. The Kier molecular flexibility index (Phi) is 14.1. The summed E-state index contributed by atoms with van der Waals surface area (Å²) in [6.45, 7) is 23.0. The van der Waals surface area contributed by atoms with E-state index in [9.17, 15) is 23.1 Å². The molecule has 52 heavy (non-hydrogen) atoms. The van der Waals surface area contributed by atoms with Crippen LogP contribution in [0.1, 0.15) is 96.4 Å². The third-order valence-electron chi connectivity index (χ3n) is 10.2. The van der Waals surface area contributed by atoms with Crippen molar-refractivity contribution < 1.29 is 43.2 Å². The van der Waals surface area contributed by atoms with E-state index in [-0.39, 0.29) is 48.9 Å². The molecular weight excluding hydrogens is 852 g/mol. The molecular formula is C44H55F3IrNO2Si-. The van der Waals surface area contributed by atoms with Crippen molar-refractivity contribution >= 4 is 35.0 Å². The molecule has 0 aliphatic carbocycles. The Morgan fingerprint density at radius 2 is 1.52 bits per heavy atom. The van der Waals surface area contributed by atoms with E-state index in [1.54, 1.807) is 0 Å². The number of allylic oxidation sites excluding steroid dienone is 2. The van der Waals surface area contributed by atoms with Gasteiger partial charge in [0.1, 0.15) is 8.07 Å². The Morgan fingerprint density at radius 3 is 2.06 bits per heavy atom. The zero-order chi connectivity index (χ0) is 38.1. The van der Waals surface area contributed by atoms with Gasteiger partial charge in [0.15, 0.2) is 5.78 Å². The number of aromatic nitrogens is 1. The third kappa shape index (κ3) is 9.35. The van der Waals surface area contributed by atoms with Crippen molar-refractivity contribution in [1.29, 1.82) is 0 Å². The standard InChI is InChI=1S/C31H31F3NSi.C13H24O2.Ir/c1-18-12-19(2)14-22(13-18)27-29-26(25(17-35-27)31(32,33)34)24-11-9-21-15-20(16-30(3,4)5)8-10-23(21)28(24)36(29,6)7;1-5-10(6-2)12(14)9-13(15)11(7-3)8-4;/h8-13,15,17H,16H2,1-7H3;9-11,14H,5-8H2,1-4H3;/q-1;;/b;12-9-;. The first-order valence-corrected chi connectivity index (χ1v) is 21.4. The predicted octanol–water partition coefficient (Wildman–Crippen LogP) is 11.6. The smallest absolute Gasteiger partial charge is 0.418 e. The minimum Gasteiger partial charge on any atom is -0.512 e. The van der Waals surface area contributed by atoms with E-state index >= 15 is 0 Å². The number of alkyl halides is 3. The molecule has 283 valence electrons. The van der Waals surface area contributed by atoms with Crippen molar-refractivity contribution in [1.82, 2.24) is 4.98 Å². The molecule has 1 radical (unpaired) electrons. The fourth-order valence-electron chi connectivity index (χ4n) is 7.73. The third-order valence-corrected chi connectivity index (χ3v) is 13.7. The van der Waals surface area contributed by atoms with Crippen LogP contribution in [0.15, 0.2) is 60.5 Å². The summed E-state index contributed by atoms with van der Waals surface area (Å²) < 4.78 is 43.0. The number of pyridine rings is 1. The molecule has 1 aliphatic rings. The fourth-order valence-corrected chi connectivity index (χ4v) is 11.4. The van der Waals surface area contributed by atoms with Gasteiger partial charge in [0.25, 0.3) is 0 Å². The molecule has 8 heteroatoms. The van der Waals surface area contributed by atoms with Crippen LogP contribution in [0.4, 0.5) is 13.2 Å². The Balaban J connectivity index is 0.000000389. The summed E-state index contributed by atoms with van der Waals surface area (Å²) in [5, 5.41) is 13.7. The van der Waals surface area contributed by atoms with Crippen LogP contribution in [0.5, 0.6) is 0 Å². The number of ketones is 1. The van der Waals surface area contributed by atoms with Gasteiger partial charge in [0, 0.05) is 44.2 Å². The van der Waals surface area contributed by atoms with Crippen molar-refractivity contribution in [3.8, 4) is 22.4 Å². The maximum atomic E-state index is 14.3. The van der Waals surface area contributed by atoms with Crippen molar-refractivity contribution in [2.24, 2.45) is 17.3 Å². The fraction of sp³-hybridized carbons (Fsp3) is 0.455. The predicted molar refractivity (Wildman–Crippen MR) is 210 cm³/mol.